The van der Waals surface area contributed by atoms with Gasteiger partial charge in [-0.05, 0) is 62.4 Å². The molecular formula is C33H29N5O3S. The van der Waals surface area contributed by atoms with Crippen LogP contribution in [-0.2, 0) is 4.79 Å². The minimum absolute atomic E-state index is 0.167. The van der Waals surface area contributed by atoms with Crippen molar-refractivity contribution >= 4 is 45.9 Å². The molecule has 9 heteroatoms. The highest BCUT2D eigenvalue weighted by atomic mass is 32.1. The molecule has 1 heterocycles. The Morgan fingerprint density at radius 3 is 2.24 bits per heavy atom. The van der Waals surface area contributed by atoms with Gasteiger partial charge in [0.05, 0.1) is 11.9 Å². The van der Waals surface area contributed by atoms with Gasteiger partial charge in [-0.2, -0.15) is 5.10 Å². The van der Waals surface area contributed by atoms with Crippen LogP contribution in [0.2, 0.25) is 0 Å². The molecule has 210 valence electrons. The molecule has 42 heavy (non-hydrogen) atoms. The molecule has 0 radical (unpaired) electrons. The molecule has 0 saturated heterocycles. The van der Waals surface area contributed by atoms with E-state index in [0.717, 1.165) is 27.6 Å². The Bertz CT molecular complexity index is 1700. The van der Waals surface area contributed by atoms with Crippen molar-refractivity contribution in [2.24, 2.45) is 5.10 Å². The molecule has 8 nitrogen and oxygen atoms in total. The Hall–Kier alpha value is -5.28. The van der Waals surface area contributed by atoms with Gasteiger partial charge in [0, 0.05) is 33.4 Å². The molecule has 0 fully saturated rings. The maximum Gasteiger partial charge on any atom is 0.271 e. The molecule has 0 atom stereocenters. The normalized spacial score (nSPS) is 10.8. The smallest absolute Gasteiger partial charge is 0.271 e. The summed E-state index contributed by atoms with van der Waals surface area (Å²) in [6.07, 6.45) is 1.48. The molecular weight excluding hydrogens is 546 g/mol. The molecule has 0 aliphatic heterocycles. The van der Waals surface area contributed by atoms with Gasteiger partial charge in [-0.3, -0.25) is 9.59 Å². The van der Waals surface area contributed by atoms with Crippen LogP contribution in [0, 0.1) is 13.8 Å². The number of anilines is 3. The number of ether oxygens (including phenoxy) is 1. The zero-order chi connectivity index (χ0) is 29.3. The first-order valence-corrected chi connectivity index (χ1v) is 14.1. The van der Waals surface area contributed by atoms with Crippen molar-refractivity contribution in [2.45, 2.75) is 13.8 Å². The first-order chi connectivity index (χ1) is 20.4. The van der Waals surface area contributed by atoms with Crippen molar-refractivity contribution in [2.75, 3.05) is 17.2 Å². The number of thiazole rings is 1. The summed E-state index contributed by atoms with van der Waals surface area (Å²) in [6, 6.07) is 30.0. The summed E-state index contributed by atoms with van der Waals surface area (Å²) in [5.74, 6) is -0.161. The van der Waals surface area contributed by atoms with Crippen LogP contribution in [0.15, 0.2) is 108 Å². The summed E-state index contributed by atoms with van der Waals surface area (Å²) in [5, 5.41) is 13.0. The molecule has 2 amide bonds. The van der Waals surface area contributed by atoms with Crippen molar-refractivity contribution in [3.8, 4) is 17.0 Å². The number of amides is 2. The number of hydrogen-bond acceptors (Lipinski definition) is 7. The van der Waals surface area contributed by atoms with Gasteiger partial charge in [0.25, 0.3) is 11.8 Å². The minimum atomic E-state index is -0.353. The topological polar surface area (TPSA) is 105 Å². The van der Waals surface area contributed by atoms with E-state index in [1.165, 1.54) is 23.1 Å². The van der Waals surface area contributed by atoms with E-state index in [-0.39, 0.29) is 18.4 Å². The zero-order valence-corrected chi connectivity index (χ0v) is 23.9. The van der Waals surface area contributed by atoms with Gasteiger partial charge in [0.2, 0.25) is 0 Å². The average molecular weight is 576 g/mol. The van der Waals surface area contributed by atoms with Crippen molar-refractivity contribution in [1.29, 1.82) is 0 Å². The van der Waals surface area contributed by atoms with E-state index in [0.29, 0.717) is 22.6 Å². The SMILES string of the molecule is Cc1ccc(NC(=O)COc2ccccc2/C=N/NC(=O)c2ccc(-c3csc(Nc4ccc(C)cc4)n3)cc2)cc1. The van der Waals surface area contributed by atoms with Crippen molar-refractivity contribution < 1.29 is 14.3 Å². The lowest BCUT2D eigenvalue weighted by Gasteiger charge is -2.10. The third-order valence-corrected chi connectivity index (χ3v) is 6.99. The minimum Gasteiger partial charge on any atom is -0.483 e. The number of benzene rings is 4. The summed E-state index contributed by atoms with van der Waals surface area (Å²) < 4.78 is 5.71. The van der Waals surface area contributed by atoms with Gasteiger partial charge in [0.1, 0.15) is 5.75 Å². The zero-order valence-electron chi connectivity index (χ0n) is 23.1. The van der Waals surface area contributed by atoms with Crippen molar-refractivity contribution in [1.82, 2.24) is 10.4 Å². The van der Waals surface area contributed by atoms with Crippen LogP contribution in [0.25, 0.3) is 11.3 Å². The van der Waals surface area contributed by atoms with Crippen molar-refractivity contribution in [3.63, 3.8) is 0 Å². The number of carbonyl (C=O) groups is 2. The highest BCUT2D eigenvalue weighted by molar-refractivity contribution is 7.14. The standard InChI is InChI=1S/C33H29N5O3S/c1-22-7-15-27(16-8-22)35-31(39)20-41-30-6-4-3-5-26(30)19-34-38-32(40)25-13-11-24(12-14-25)29-21-42-33(37-29)36-28-17-9-23(2)10-18-28/h3-19,21H,20H2,1-2H3,(H,35,39)(H,36,37)(H,38,40)/b34-19+. The maximum atomic E-state index is 12.7. The summed E-state index contributed by atoms with van der Waals surface area (Å²) in [5.41, 5.74) is 9.34. The van der Waals surface area contributed by atoms with Crippen LogP contribution < -0.4 is 20.8 Å². The molecule has 0 aliphatic rings. The van der Waals surface area contributed by atoms with Gasteiger partial charge in [-0.1, -0.05) is 59.7 Å². The van der Waals surface area contributed by atoms with E-state index in [4.69, 9.17) is 4.74 Å². The van der Waals surface area contributed by atoms with E-state index in [1.54, 1.807) is 30.3 Å². The summed E-state index contributed by atoms with van der Waals surface area (Å²) in [7, 11) is 0. The number of carbonyl (C=O) groups excluding carboxylic acids is 2. The lowest BCUT2D eigenvalue weighted by molar-refractivity contribution is -0.118. The second-order valence-electron chi connectivity index (χ2n) is 9.55. The van der Waals surface area contributed by atoms with Gasteiger partial charge in [-0.25, -0.2) is 10.4 Å². The fourth-order valence-corrected chi connectivity index (χ4v) is 4.68. The first kappa shape index (κ1) is 28.3. The largest absolute Gasteiger partial charge is 0.483 e. The highest BCUT2D eigenvalue weighted by Gasteiger charge is 2.09. The van der Waals surface area contributed by atoms with Crippen LogP contribution in [0.1, 0.15) is 27.0 Å². The molecule has 0 bridgehead atoms. The molecule has 0 aliphatic carbocycles. The number of hydrogen-bond donors (Lipinski definition) is 3. The fraction of sp³-hybridized carbons (Fsp3) is 0.0909. The lowest BCUT2D eigenvalue weighted by Crippen LogP contribution is -2.20. The predicted octanol–water partition coefficient (Wildman–Crippen LogP) is 6.95. The predicted molar refractivity (Wildman–Crippen MR) is 169 cm³/mol. The second-order valence-corrected chi connectivity index (χ2v) is 10.4. The number of nitrogens with zero attached hydrogens (tertiary/aromatic N) is 2. The van der Waals surface area contributed by atoms with E-state index >= 15 is 0 Å². The molecule has 0 spiro atoms. The highest BCUT2D eigenvalue weighted by Crippen LogP contribution is 2.27. The van der Waals surface area contributed by atoms with Gasteiger partial charge in [0.15, 0.2) is 11.7 Å². The van der Waals surface area contributed by atoms with E-state index < -0.39 is 0 Å². The Balaban J connectivity index is 1.14. The average Bonchev–Trinajstić information content (AvgIpc) is 3.47. The summed E-state index contributed by atoms with van der Waals surface area (Å²) in [6.45, 7) is 3.87. The Kier molecular flexibility index (Phi) is 9.00. The Labute approximate surface area is 248 Å². The van der Waals surface area contributed by atoms with Gasteiger partial charge < -0.3 is 15.4 Å². The lowest BCUT2D eigenvalue weighted by atomic mass is 10.1. The molecule has 5 aromatic rings. The third-order valence-electron chi connectivity index (χ3n) is 6.23. The van der Waals surface area contributed by atoms with Crippen LogP contribution >= 0.6 is 11.3 Å². The third kappa shape index (κ3) is 7.67. The molecule has 4 aromatic carbocycles. The number of aryl methyl sites for hydroxylation is 2. The second kappa shape index (κ2) is 13.4. The summed E-state index contributed by atoms with van der Waals surface area (Å²) in [4.78, 5) is 29.6. The molecule has 0 saturated carbocycles. The first-order valence-electron chi connectivity index (χ1n) is 13.2. The van der Waals surface area contributed by atoms with Crippen molar-refractivity contribution in [3.05, 3.63) is 125 Å². The van der Waals surface area contributed by atoms with E-state index in [2.05, 4.69) is 26.1 Å². The van der Waals surface area contributed by atoms with Crippen LogP contribution in [0.4, 0.5) is 16.5 Å². The number of nitrogens with one attached hydrogen (secondary N) is 3. The number of rotatable bonds is 10. The van der Waals surface area contributed by atoms with E-state index in [1.807, 2.05) is 86.0 Å². The number of hydrazone groups is 1. The molecule has 3 N–H and O–H groups in total. The van der Waals surface area contributed by atoms with Crippen LogP contribution in [0.5, 0.6) is 5.75 Å². The van der Waals surface area contributed by atoms with E-state index in [9.17, 15) is 9.59 Å². The number of aromatic nitrogens is 1. The quantitative estimate of drug-likeness (QED) is 0.123. The number of para-hydroxylation sites is 1. The van der Waals surface area contributed by atoms with Gasteiger partial charge in [-0.15, -0.1) is 11.3 Å². The molecule has 5 rings (SSSR count). The summed E-state index contributed by atoms with van der Waals surface area (Å²) >= 11 is 1.52. The van der Waals surface area contributed by atoms with Crippen LogP contribution in [0.3, 0.4) is 0 Å². The molecule has 0 unspecified atom stereocenters. The van der Waals surface area contributed by atoms with Gasteiger partial charge >= 0.3 is 0 Å². The Morgan fingerprint density at radius 1 is 0.857 bits per heavy atom. The maximum absolute atomic E-state index is 12.7. The Morgan fingerprint density at radius 2 is 1.52 bits per heavy atom. The monoisotopic (exact) mass is 575 g/mol. The molecule has 1 aromatic heterocycles. The van der Waals surface area contributed by atoms with Crippen LogP contribution in [-0.4, -0.2) is 29.6 Å². The fourth-order valence-electron chi connectivity index (χ4n) is 3.94.